The summed E-state index contributed by atoms with van der Waals surface area (Å²) in [5.74, 6) is 1.43. The Hall–Kier alpha value is -1.62. The van der Waals surface area contributed by atoms with E-state index in [1.54, 1.807) is 6.20 Å². The van der Waals surface area contributed by atoms with E-state index >= 15 is 0 Å². The Morgan fingerprint density at radius 3 is 2.88 bits per heavy atom. The monoisotopic (exact) mass is 232 g/mol. The van der Waals surface area contributed by atoms with Crippen LogP contribution in [0.15, 0.2) is 18.3 Å². The molecule has 2 heterocycles. The lowest BCUT2D eigenvalue weighted by Crippen LogP contribution is -1.98. The van der Waals surface area contributed by atoms with Crippen LogP contribution in [0.1, 0.15) is 18.4 Å². The normalized spacial score (nSPS) is 10.4. The second kappa shape index (κ2) is 4.49. The zero-order valence-corrected chi connectivity index (χ0v) is 10.0. The van der Waals surface area contributed by atoms with Crippen molar-refractivity contribution in [3.05, 3.63) is 34.5 Å². The Morgan fingerprint density at radius 1 is 1.38 bits per heavy atom. The Kier molecular flexibility index (Phi) is 3.05. The average molecular weight is 232 g/mol. The molecule has 82 valence electrons. The van der Waals surface area contributed by atoms with Crippen molar-refractivity contribution in [2.75, 3.05) is 0 Å². The lowest BCUT2D eigenvalue weighted by molar-refractivity contribution is 0.977. The van der Waals surface area contributed by atoms with Gasteiger partial charge in [-0.1, -0.05) is 19.1 Å². The van der Waals surface area contributed by atoms with Gasteiger partial charge in [-0.2, -0.15) is 0 Å². The summed E-state index contributed by atoms with van der Waals surface area (Å²) in [5.41, 5.74) is 1.83. The van der Waals surface area contributed by atoms with Gasteiger partial charge in [0.1, 0.15) is 16.2 Å². The standard InChI is InChI=1S/C11H12N4S/c1-3-8-6-10(16)15-11(14-8)9-4-5-12-7(2)13-9/h4-6H,3H2,1-2H3,(H,14,15,16). The predicted octanol–water partition coefficient (Wildman–Crippen LogP) is 2.47. The number of aryl methyl sites for hydroxylation is 2. The van der Waals surface area contributed by atoms with E-state index in [9.17, 15) is 0 Å². The molecule has 0 spiro atoms. The highest BCUT2D eigenvalue weighted by molar-refractivity contribution is 7.71. The van der Waals surface area contributed by atoms with Gasteiger partial charge in [0.05, 0.1) is 0 Å². The van der Waals surface area contributed by atoms with Crippen LogP contribution in [0.4, 0.5) is 0 Å². The Labute approximate surface area is 98.8 Å². The third-order valence-corrected chi connectivity index (χ3v) is 2.41. The molecule has 0 aliphatic rings. The van der Waals surface area contributed by atoms with Crippen molar-refractivity contribution in [3.8, 4) is 11.5 Å². The molecule has 4 nitrogen and oxygen atoms in total. The molecule has 0 atom stereocenters. The quantitative estimate of drug-likeness (QED) is 0.808. The minimum atomic E-state index is 0.585. The summed E-state index contributed by atoms with van der Waals surface area (Å²) in [6.07, 6.45) is 2.61. The van der Waals surface area contributed by atoms with E-state index in [0.29, 0.717) is 10.5 Å². The molecule has 0 fully saturated rings. The fourth-order valence-corrected chi connectivity index (χ4v) is 1.64. The summed E-state index contributed by atoms with van der Waals surface area (Å²) in [5, 5.41) is 0. The molecule has 0 aromatic carbocycles. The molecule has 2 rings (SSSR count). The molecular weight excluding hydrogens is 220 g/mol. The smallest absolute Gasteiger partial charge is 0.157 e. The van der Waals surface area contributed by atoms with Gasteiger partial charge in [-0.15, -0.1) is 0 Å². The number of H-pyrrole nitrogens is 1. The van der Waals surface area contributed by atoms with E-state index in [4.69, 9.17) is 12.2 Å². The van der Waals surface area contributed by atoms with E-state index < -0.39 is 0 Å². The summed E-state index contributed by atoms with van der Waals surface area (Å²) in [6.45, 7) is 3.91. The van der Waals surface area contributed by atoms with Gasteiger partial charge in [0.15, 0.2) is 5.82 Å². The first kappa shape index (κ1) is 10.9. The zero-order chi connectivity index (χ0) is 11.5. The van der Waals surface area contributed by atoms with Crippen LogP contribution in [0.3, 0.4) is 0 Å². The third-order valence-electron chi connectivity index (χ3n) is 2.20. The van der Waals surface area contributed by atoms with Crippen molar-refractivity contribution in [2.45, 2.75) is 20.3 Å². The second-order valence-corrected chi connectivity index (χ2v) is 3.85. The highest BCUT2D eigenvalue weighted by Gasteiger charge is 2.03. The maximum Gasteiger partial charge on any atom is 0.157 e. The number of nitrogens with one attached hydrogen (secondary N) is 1. The highest BCUT2D eigenvalue weighted by atomic mass is 32.1. The SMILES string of the molecule is CCc1cc(=S)nc(-c2ccnc(C)n2)[nH]1. The van der Waals surface area contributed by atoms with E-state index in [0.717, 1.165) is 23.6 Å². The Morgan fingerprint density at radius 2 is 2.19 bits per heavy atom. The number of rotatable bonds is 2. The molecular formula is C11H12N4S. The molecule has 0 saturated carbocycles. The third kappa shape index (κ3) is 2.30. The Bertz CT molecular complexity index is 562. The number of hydrogen-bond donors (Lipinski definition) is 1. The van der Waals surface area contributed by atoms with Gasteiger partial charge in [0.25, 0.3) is 0 Å². The van der Waals surface area contributed by atoms with Gasteiger partial charge in [-0.25, -0.2) is 15.0 Å². The van der Waals surface area contributed by atoms with Gasteiger partial charge in [-0.3, -0.25) is 0 Å². The van der Waals surface area contributed by atoms with Crippen LogP contribution in [0.5, 0.6) is 0 Å². The summed E-state index contributed by atoms with van der Waals surface area (Å²) in [4.78, 5) is 15.8. The maximum absolute atomic E-state index is 5.11. The summed E-state index contributed by atoms with van der Waals surface area (Å²) in [6, 6.07) is 3.69. The van der Waals surface area contributed by atoms with Crippen LogP contribution in [-0.2, 0) is 6.42 Å². The highest BCUT2D eigenvalue weighted by Crippen LogP contribution is 2.11. The minimum Gasteiger partial charge on any atom is -0.342 e. The minimum absolute atomic E-state index is 0.585. The van der Waals surface area contributed by atoms with E-state index in [-0.39, 0.29) is 0 Å². The lowest BCUT2D eigenvalue weighted by atomic mass is 10.3. The summed E-state index contributed by atoms with van der Waals surface area (Å²) >= 11 is 5.11. The lowest BCUT2D eigenvalue weighted by Gasteiger charge is -2.03. The van der Waals surface area contributed by atoms with Crippen molar-refractivity contribution >= 4 is 12.2 Å². The molecule has 5 heteroatoms. The number of aromatic amines is 1. The fraction of sp³-hybridized carbons (Fsp3) is 0.273. The molecule has 0 radical (unpaired) electrons. The van der Waals surface area contributed by atoms with Crippen molar-refractivity contribution in [1.82, 2.24) is 19.9 Å². The molecule has 0 amide bonds. The summed E-state index contributed by atoms with van der Waals surface area (Å²) in [7, 11) is 0. The molecule has 0 bridgehead atoms. The van der Waals surface area contributed by atoms with Crippen LogP contribution < -0.4 is 0 Å². The van der Waals surface area contributed by atoms with Crippen molar-refractivity contribution < 1.29 is 0 Å². The molecule has 2 aromatic heterocycles. The van der Waals surface area contributed by atoms with Crippen LogP contribution >= 0.6 is 12.2 Å². The van der Waals surface area contributed by atoms with Crippen LogP contribution in [0.25, 0.3) is 11.5 Å². The molecule has 2 aromatic rings. The molecule has 16 heavy (non-hydrogen) atoms. The molecule has 0 aliphatic heterocycles. The maximum atomic E-state index is 5.11. The summed E-state index contributed by atoms with van der Waals surface area (Å²) < 4.78 is 0.585. The first-order valence-corrected chi connectivity index (χ1v) is 5.50. The molecule has 1 N–H and O–H groups in total. The van der Waals surface area contributed by atoms with Gasteiger partial charge in [0, 0.05) is 11.9 Å². The topological polar surface area (TPSA) is 54.5 Å². The van der Waals surface area contributed by atoms with Gasteiger partial charge >= 0.3 is 0 Å². The van der Waals surface area contributed by atoms with Gasteiger partial charge in [0.2, 0.25) is 0 Å². The first-order chi connectivity index (χ1) is 7.69. The average Bonchev–Trinajstić information content (AvgIpc) is 2.28. The second-order valence-electron chi connectivity index (χ2n) is 3.44. The largest absolute Gasteiger partial charge is 0.342 e. The first-order valence-electron chi connectivity index (χ1n) is 5.09. The zero-order valence-electron chi connectivity index (χ0n) is 9.19. The van der Waals surface area contributed by atoms with Gasteiger partial charge in [-0.05, 0) is 25.5 Å². The van der Waals surface area contributed by atoms with Crippen LogP contribution in [-0.4, -0.2) is 19.9 Å². The van der Waals surface area contributed by atoms with Crippen LogP contribution in [0.2, 0.25) is 0 Å². The number of aromatic nitrogens is 4. The van der Waals surface area contributed by atoms with E-state index in [1.807, 2.05) is 19.1 Å². The number of hydrogen-bond acceptors (Lipinski definition) is 4. The number of nitrogens with zero attached hydrogens (tertiary/aromatic N) is 3. The predicted molar refractivity (Wildman–Crippen MR) is 64.6 cm³/mol. The van der Waals surface area contributed by atoms with Crippen molar-refractivity contribution in [1.29, 1.82) is 0 Å². The van der Waals surface area contributed by atoms with Crippen molar-refractivity contribution in [2.24, 2.45) is 0 Å². The van der Waals surface area contributed by atoms with Crippen LogP contribution in [0, 0.1) is 11.6 Å². The molecule has 0 saturated heterocycles. The Balaban J connectivity index is 2.55. The van der Waals surface area contributed by atoms with E-state index in [2.05, 4.69) is 26.9 Å². The van der Waals surface area contributed by atoms with Gasteiger partial charge < -0.3 is 4.98 Å². The molecule has 0 aliphatic carbocycles. The molecule has 0 unspecified atom stereocenters. The van der Waals surface area contributed by atoms with Crippen molar-refractivity contribution in [3.63, 3.8) is 0 Å². The van der Waals surface area contributed by atoms with E-state index in [1.165, 1.54) is 0 Å². The fourth-order valence-electron chi connectivity index (χ4n) is 1.41.